The zero-order chi connectivity index (χ0) is 28.6. The van der Waals surface area contributed by atoms with E-state index in [1.54, 1.807) is 21.9 Å². The van der Waals surface area contributed by atoms with Gasteiger partial charge in [-0.05, 0) is 55.4 Å². The number of carbonyl (C=O) groups excluding carboxylic acids is 2. The molecule has 41 heavy (non-hydrogen) atoms. The van der Waals surface area contributed by atoms with Crippen LogP contribution in [0.5, 0.6) is 11.5 Å². The third kappa shape index (κ3) is 3.02. The molecule has 0 saturated heterocycles. The number of carbonyl (C=O) groups is 2. The number of nitrogens with one attached hydrogen (secondary N) is 2. The molecule has 2 aromatic heterocycles. The number of nitrogens with zero attached hydrogens (tertiary/aromatic N) is 2. The molecule has 2 atom stereocenters. The molecule has 5 aliphatic rings. The van der Waals surface area contributed by atoms with Crippen LogP contribution in [-0.2, 0) is 9.59 Å². The van der Waals surface area contributed by atoms with E-state index in [2.05, 4.69) is 9.97 Å². The molecule has 3 aliphatic carbocycles. The molecule has 2 amide bonds. The molecule has 4 heterocycles. The number of aromatic nitrogens is 2. The number of rotatable bonds is 4. The fourth-order valence-electron chi connectivity index (χ4n) is 8.50. The van der Waals surface area contributed by atoms with E-state index in [1.165, 1.54) is 0 Å². The van der Waals surface area contributed by atoms with Gasteiger partial charge in [0, 0.05) is 72.0 Å². The molecule has 2 bridgehead atoms. The van der Waals surface area contributed by atoms with Gasteiger partial charge in [0.15, 0.2) is 0 Å². The first-order valence-corrected chi connectivity index (χ1v) is 15.1. The number of aryl methyl sites for hydroxylation is 2. The molecule has 0 unspecified atom stereocenters. The van der Waals surface area contributed by atoms with Crippen molar-refractivity contribution in [1.82, 2.24) is 9.97 Å². The molecule has 4 N–H and O–H groups in total. The molecule has 212 valence electrons. The summed E-state index contributed by atoms with van der Waals surface area (Å²) in [5, 5.41) is 23.4. The second kappa shape index (κ2) is 8.13. The Morgan fingerprint density at radius 3 is 1.56 bits per heavy atom. The van der Waals surface area contributed by atoms with Gasteiger partial charge >= 0.3 is 0 Å². The molecule has 9 rings (SSSR count). The number of anilines is 2. The van der Waals surface area contributed by atoms with Crippen LogP contribution in [0, 0.1) is 24.7 Å². The average molecular weight is 594 g/mol. The van der Waals surface area contributed by atoms with Gasteiger partial charge in [-0.2, -0.15) is 0 Å². The molecular weight excluding hydrogens is 563 g/mol. The van der Waals surface area contributed by atoms with Gasteiger partial charge in [-0.1, -0.05) is 0 Å². The van der Waals surface area contributed by atoms with Crippen LogP contribution in [0.1, 0.15) is 53.4 Å². The van der Waals surface area contributed by atoms with Crippen molar-refractivity contribution in [3.63, 3.8) is 0 Å². The Morgan fingerprint density at radius 1 is 0.805 bits per heavy atom. The summed E-state index contributed by atoms with van der Waals surface area (Å²) in [6.07, 6.45) is 5.23. The maximum Gasteiger partial charge on any atom is 0.233 e. The third-order valence-corrected chi connectivity index (χ3v) is 11.1. The lowest BCUT2D eigenvalue weighted by molar-refractivity contribution is -0.204. The molecule has 4 aromatic rings. The van der Waals surface area contributed by atoms with Crippen LogP contribution < -0.4 is 9.80 Å². The smallest absolute Gasteiger partial charge is 0.233 e. The number of hydrogen-bond donors (Lipinski definition) is 4. The number of fused-ring (bicyclic) bond motifs is 6. The molecule has 0 spiro atoms. The highest BCUT2D eigenvalue weighted by Crippen LogP contribution is 2.75. The summed E-state index contributed by atoms with van der Waals surface area (Å²) in [6.45, 7) is 4.90. The second-order valence-corrected chi connectivity index (χ2v) is 13.3. The number of phenolic OH excluding ortho intramolecular Hbond substituents is 2. The highest BCUT2D eigenvalue weighted by Gasteiger charge is 2.76. The van der Waals surface area contributed by atoms with Crippen molar-refractivity contribution in [3.8, 4) is 11.5 Å². The third-order valence-electron chi connectivity index (χ3n) is 10.3. The van der Waals surface area contributed by atoms with E-state index < -0.39 is 10.8 Å². The van der Waals surface area contributed by atoms with Crippen LogP contribution in [0.4, 0.5) is 11.4 Å². The Hall–Kier alpha value is -3.36. The highest BCUT2D eigenvalue weighted by molar-refractivity contribution is 6.20. The van der Waals surface area contributed by atoms with Gasteiger partial charge in [0.1, 0.15) is 11.5 Å². The predicted molar refractivity (Wildman–Crippen MR) is 160 cm³/mol. The summed E-state index contributed by atoms with van der Waals surface area (Å²) in [5.74, 6) is 0.909. The number of halogens is 2. The van der Waals surface area contributed by atoms with E-state index in [4.69, 9.17) is 23.2 Å². The molecule has 10 heteroatoms. The van der Waals surface area contributed by atoms with Crippen molar-refractivity contribution >= 4 is 68.2 Å². The molecule has 2 aromatic carbocycles. The SMILES string of the molecule is Cc1c[nH]c2c(O)cc3c(c12)[C@H](CCl)CN3C(=O)C12CC(C(=O)N3C[C@@H](CCl)c4c3cc(O)c3[nH]cc(C)c43)(C1)C2. The first-order valence-electron chi connectivity index (χ1n) is 14.1. The lowest BCUT2D eigenvalue weighted by atomic mass is 9.34. The molecule has 3 saturated carbocycles. The van der Waals surface area contributed by atoms with E-state index in [1.807, 2.05) is 26.2 Å². The van der Waals surface area contributed by atoms with Crippen LogP contribution in [0.3, 0.4) is 0 Å². The zero-order valence-electron chi connectivity index (χ0n) is 22.8. The molecular formula is C31H30Cl2N4O4. The maximum absolute atomic E-state index is 14.1. The van der Waals surface area contributed by atoms with E-state index >= 15 is 0 Å². The molecule has 3 fully saturated rings. The number of amides is 2. The number of phenols is 2. The highest BCUT2D eigenvalue weighted by atomic mass is 35.5. The summed E-state index contributed by atoms with van der Waals surface area (Å²) in [6, 6.07) is 3.35. The van der Waals surface area contributed by atoms with Gasteiger partial charge in [0.05, 0.1) is 33.2 Å². The van der Waals surface area contributed by atoms with Gasteiger partial charge in [-0.3, -0.25) is 9.59 Å². The number of hydrogen-bond acceptors (Lipinski definition) is 4. The van der Waals surface area contributed by atoms with Crippen molar-refractivity contribution in [2.75, 3.05) is 34.6 Å². The Balaban J connectivity index is 1.09. The minimum Gasteiger partial charge on any atom is -0.506 e. The number of alkyl halides is 2. The van der Waals surface area contributed by atoms with Gasteiger partial charge in [-0.25, -0.2) is 0 Å². The molecule has 0 radical (unpaired) electrons. The number of H-pyrrole nitrogens is 2. The lowest BCUT2D eigenvalue weighted by Crippen LogP contribution is -2.73. The predicted octanol–water partition coefficient (Wildman–Crippen LogP) is 5.89. The van der Waals surface area contributed by atoms with Gasteiger partial charge in [0.2, 0.25) is 11.8 Å². The number of benzene rings is 2. The van der Waals surface area contributed by atoms with Crippen LogP contribution in [0.25, 0.3) is 21.8 Å². The fourth-order valence-corrected chi connectivity index (χ4v) is 9.00. The maximum atomic E-state index is 14.1. The van der Waals surface area contributed by atoms with E-state index in [0.717, 1.165) is 44.4 Å². The minimum atomic E-state index is -0.580. The van der Waals surface area contributed by atoms with E-state index in [-0.39, 0.29) is 35.1 Å². The topological polar surface area (TPSA) is 113 Å². The Kier molecular flexibility index (Phi) is 5.03. The normalized spacial score (nSPS) is 27.7. The summed E-state index contributed by atoms with van der Waals surface area (Å²) < 4.78 is 0. The minimum absolute atomic E-state index is 0.00994. The van der Waals surface area contributed by atoms with Crippen LogP contribution in [0.2, 0.25) is 0 Å². The van der Waals surface area contributed by atoms with Crippen LogP contribution in [0.15, 0.2) is 24.5 Å². The van der Waals surface area contributed by atoms with Crippen LogP contribution >= 0.6 is 23.2 Å². The fraction of sp³-hybridized carbons (Fsp3) is 0.419. The monoisotopic (exact) mass is 592 g/mol. The zero-order valence-corrected chi connectivity index (χ0v) is 24.3. The summed E-state index contributed by atoms with van der Waals surface area (Å²) in [7, 11) is 0. The summed E-state index contributed by atoms with van der Waals surface area (Å²) in [5.41, 5.74) is 5.63. The Bertz CT molecular complexity index is 1690. The van der Waals surface area contributed by atoms with Crippen molar-refractivity contribution in [3.05, 3.63) is 46.8 Å². The van der Waals surface area contributed by atoms with Crippen molar-refractivity contribution in [1.29, 1.82) is 0 Å². The molecule has 8 nitrogen and oxygen atoms in total. The second-order valence-electron chi connectivity index (χ2n) is 12.7. The first-order chi connectivity index (χ1) is 19.6. The Labute approximate surface area is 246 Å². The van der Waals surface area contributed by atoms with Gasteiger partial charge in [0.25, 0.3) is 0 Å². The standard InChI is InChI=1S/C31H30Cl2N4O4/c1-14-7-34-26-20(38)3-18-24(22(14)26)16(5-32)9-36(18)28(40)30-11-31(12-30,13-30)29(41)37-10-17(6-33)25-19(37)4-21(39)27-23(25)15(2)8-35-27/h3-4,7-8,16-17,34-35,38-39H,5-6,9-13H2,1-2H3/t16-,17-,30?,31?/m1/s1. The van der Waals surface area contributed by atoms with E-state index in [0.29, 0.717) is 55.1 Å². The van der Waals surface area contributed by atoms with Crippen molar-refractivity contribution < 1.29 is 19.8 Å². The van der Waals surface area contributed by atoms with Crippen molar-refractivity contribution in [2.45, 2.75) is 44.9 Å². The van der Waals surface area contributed by atoms with Gasteiger partial charge < -0.3 is 30.0 Å². The first kappa shape index (κ1) is 25.4. The summed E-state index contributed by atoms with van der Waals surface area (Å²) in [4.78, 5) is 38.0. The lowest BCUT2D eigenvalue weighted by Gasteiger charge is -2.69. The number of aromatic amines is 2. The van der Waals surface area contributed by atoms with E-state index in [9.17, 15) is 19.8 Å². The average Bonchev–Trinajstić information content (AvgIpc) is 3.65. The molecule has 2 aliphatic heterocycles. The quantitative estimate of drug-likeness (QED) is 0.221. The largest absolute Gasteiger partial charge is 0.506 e. The Morgan fingerprint density at radius 2 is 1.20 bits per heavy atom. The van der Waals surface area contributed by atoms with Crippen molar-refractivity contribution in [2.24, 2.45) is 10.8 Å². The number of aromatic hydroxyl groups is 2. The van der Waals surface area contributed by atoms with Gasteiger partial charge in [-0.15, -0.1) is 23.2 Å². The summed E-state index contributed by atoms with van der Waals surface area (Å²) >= 11 is 12.8. The van der Waals surface area contributed by atoms with Crippen LogP contribution in [-0.4, -0.2) is 56.8 Å².